The molecule has 0 spiro atoms. The quantitative estimate of drug-likeness (QED) is 0.456. The predicted octanol–water partition coefficient (Wildman–Crippen LogP) is 5.13. The fourth-order valence-electron chi connectivity index (χ4n) is 3.48. The number of rotatable bonds is 7. The molecule has 0 bridgehead atoms. The number of anilines is 3. The monoisotopic (exact) mass is 529 g/mol. The van der Waals surface area contributed by atoms with E-state index in [9.17, 15) is 27.9 Å². The summed E-state index contributed by atoms with van der Waals surface area (Å²) >= 11 is 5.96. The molecule has 196 valence electrons. The second kappa shape index (κ2) is 13.0. The van der Waals surface area contributed by atoms with Gasteiger partial charge in [-0.1, -0.05) is 24.9 Å². The van der Waals surface area contributed by atoms with Crippen molar-refractivity contribution in [3.05, 3.63) is 53.1 Å². The minimum Gasteiger partial charge on any atom is -0.478 e. The van der Waals surface area contributed by atoms with Crippen LogP contribution in [0.3, 0.4) is 0 Å². The van der Waals surface area contributed by atoms with Crippen LogP contribution in [0, 0.1) is 0 Å². The summed E-state index contributed by atoms with van der Waals surface area (Å²) in [5, 5.41) is 20.3. The fraction of sp³-hybridized carbons (Fsp3) is 0.375. The minimum atomic E-state index is -5.08. The highest BCUT2D eigenvalue weighted by atomic mass is 35.5. The van der Waals surface area contributed by atoms with Gasteiger partial charge in [0.25, 0.3) is 0 Å². The van der Waals surface area contributed by atoms with E-state index in [2.05, 4.69) is 15.1 Å². The van der Waals surface area contributed by atoms with Crippen LogP contribution in [0.2, 0.25) is 5.02 Å². The molecule has 1 aliphatic rings. The number of nitrogens with one attached hydrogen (secondary N) is 1. The second-order valence-corrected chi connectivity index (χ2v) is 8.38. The van der Waals surface area contributed by atoms with E-state index in [-0.39, 0.29) is 11.5 Å². The Kier molecular flexibility index (Phi) is 10.4. The Bertz CT molecular complexity index is 1060. The maximum Gasteiger partial charge on any atom is 0.490 e. The van der Waals surface area contributed by atoms with Gasteiger partial charge in [0, 0.05) is 49.0 Å². The number of benzene rings is 2. The van der Waals surface area contributed by atoms with Crippen molar-refractivity contribution in [2.45, 2.75) is 32.4 Å². The van der Waals surface area contributed by atoms with Crippen molar-refractivity contribution in [2.24, 2.45) is 0 Å². The highest BCUT2D eigenvalue weighted by Crippen LogP contribution is 2.27. The van der Waals surface area contributed by atoms with E-state index in [1.165, 1.54) is 0 Å². The number of hydrogen-bond acceptors (Lipinski definition) is 5. The first kappa shape index (κ1) is 28.8. The smallest absolute Gasteiger partial charge is 0.478 e. The normalized spacial score (nSPS) is 13.5. The number of amides is 1. The topological polar surface area (TPSA) is 110 Å². The largest absolute Gasteiger partial charge is 0.490 e. The maximum atomic E-state index is 11.9. The number of aromatic carboxylic acids is 1. The van der Waals surface area contributed by atoms with Crippen molar-refractivity contribution in [1.29, 1.82) is 0 Å². The van der Waals surface area contributed by atoms with Crippen molar-refractivity contribution in [2.75, 3.05) is 41.3 Å². The number of aliphatic carboxylic acids is 1. The van der Waals surface area contributed by atoms with Crippen LogP contribution in [0.4, 0.5) is 30.2 Å². The molecule has 1 amide bonds. The van der Waals surface area contributed by atoms with Gasteiger partial charge in [0.1, 0.15) is 0 Å². The number of unbranched alkanes of at least 4 members (excludes halogenated alkanes) is 1. The number of hydrogen-bond donors (Lipinski definition) is 3. The Morgan fingerprint density at radius 3 is 2.03 bits per heavy atom. The number of carbonyl (C=O) groups excluding carboxylic acids is 1. The highest BCUT2D eigenvalue weighted by Gasteiger charge is 2.38. The Balaban J connectivity index is 0.000000572. The molecule has 0 aliphatic carbocycles. The molecule has 3 rings (SSSR count). The van der Waals surface area contributed by atoms with Crippen LogP contribution in [0.5, 0.6) is 0 Å². The van der Waals surface area contributed by atoms with Crippen LogP contribution in [0.15, 0.2) is 42.5 Å². The molecule has 0 aromatic heterocycles. The first-order valence-corrected chi connectivity index (χ1v) is 11.5. The molecule has 36 heavy (non-hydrogen) atoms. The van der Waals surface area contributed by atoms with Crippen molar-refractivity contribution >= 4 is 46.5 Å². The lowest BCUT2D eigenvalue weighted by Gasteiger charge is -2.38. The number of halogens is 4. The van der Waals surface area contributed by atoms with Gasteiger partial charge in [-0.2, -0.15) is 13.2 Å². The molecular formula is C24H27ClF3N3O5. The van der Waals surface area contributed by atoms with Crippen molar-refractivity contribution < 1.29 is 37.8 Å². The molecular weight excluding hydrogens is 503 g/mol. The number of piperazine rings is 1. The number of alkyl halides is 3. The zero-order valence-electron chi connectivity index (χ0n) is 19.5. The average Bonchev–Trinajstić information content (AvgIpc) is 2.83. The van der Waals surface area contributed by atoms with Crippen LogP contribution in [0.25, 0.3) is 0 Å². The average molecular weight is 530 g/mol. The van der Waals surface area contributed by atoms with E-state index in [0.29, 0.717) is 35.9 Å². The predicted molar refractivity (Wildman–Crippen MR) is 131 cm³/mol. The van der Waals surface area contributed by atoms with Gasteiger partial charge in [-0.25, -0.2) is 9.59 Å². The summed E-state index contributed by atoms with van der Waals surface area (Å²) in [5.41, 5.74) is 2.52. The first-order valence-electron chi connectivity index (χ1n) is 11.1. The van der Waals surface area contributed by atoms with E-state index in [1.54, 1.807) is 18.2 Å². The summed E-state index contributed by atoms with van der Waals surface area (Å²) in [5.74, 6) is -3.84. The van der Waals surface area contributed by atoms with Gasteiger partial charge in [0.05, 0.1) is 11.3 Å². The van der Waals surface area contributed by atoms with Gasteiger partial charge >= 0.3 is 18.1 Å². The molecule has 0 atom stereocenters. The molecule has 12 heteroatoms. The molecule has 1 saturated heterocycles. The van der Waals surface area contributed by atoms with Gasteiger partial charge in [0.15, 0.2) is 0 Å². The van der Waals surface area contributed by atoms with E-state index in [0.717, 1.165) is 31.6 Å². The summed E-state index contributed by atoms with van der Waals surface area (Å²) in [4.78, 5) is 37.0. The standard InChI is InChI=1S/C22H26ClN3O3.C2HF3O2/c1-2-3-4-21(27)24-17-7-10-20(19(15-17)22(28)29)26-13-11-25(12-14-26)18-8-5-16(23)6-9-18;3-2(4,5)1(6)7/h5-10,15H,2-4,11-14H2,1H3,(H,24,27)(H,28,29);(H,6,7). The number of carboxylic acids is 2. The molecule has 0 radical (unpaired) electrons. The fourth-order valence-corrected chi connectivity index (χ4v) is 3.61. The summed E-state index contributed by atoms with van der Waals surface area (Å²) in [6, 6.07) is 12.9. The zero-order valence-corrected chi connectivity index (χ0v) is 20.3. The van der Waals surface area contributed by atoms with Gasteiger partial charge in [-0.3, -0.25) is 4.79 Å². The third-order valence-corrected chi connectivity index (χ3v) is 5.57. The molecule has 3 N–H and O–H groups in total. The Labute approximate surface area is 211 Å². The summed E-state index contributed by atoms with van der Waals surface area (Å²) in [7, 11) is 0. The van der Waals surface area contributed by atoms with E-state index in [1.807, 2.05) is 31.2 Å². The number of carbonyl (C=O) groups is 3. The Morgan fingerprint density at radius 2 is 1.53 bits per heavy atom. The number of carboxylic acid groups (broad SMARTS) is 2. The number of nitrogens with zero attached hydrogens (tertiary/aromatic N) is 2. The van der Waals surface area contributed by atoms with E-state index < -0.39 is 18.1 Å². The molecule has 2 aromatic carbocycles. The zero-order chi connectivity index (χ0) is 26.9. The van der Waals surface area contributed by atoms with Gasteiger partial charge in [-0.05, 0) is 48.9 Å². The molecule has 2 aromatic rings. The Hall–Kier alpha value is -3.47. The van der Waals surface area contributed by atoms with Gasteiger partial charge in [0.2, 0.25) is 5.91 Å². The van der Waals surface area contributed by atoms with Crippen LogP contribution < -0.4 is 15.1 Å². The molecule has 0 unspecified atom stereocenters. The van der Waals surface area contributed by atoms with Crippen molar-refractivity contribution in [3.63, 3.8) is 0 Å². The van der Waals surface area contributed by atoms with E-state index in [4.69, 9.17) is 21.5 Å². The summed E-state index contributed by atoms with van der Waals surface area (Å²) in [6.07, 6.45) is -2.89. The summed E-state index contributed by atoms with van der Waals surface area (Å²) < 4.78 is 31.7. The lowest BCUT2D eigenvalue weighted by Crippen LogP contribution is -2.47. The van der Waals surface area contributed by atoms with Crippen molar-refractivity contribution in [3.8, 4) is 0 Å². The van der Waals surface area contributed by atoms with Crippen LogP contribution in [0.1, 0.15) is 36.5 Å². The molecule has 1 heterocycles. The van der Waals surface area contributed by atoms with Crippen LogP contribution in [-0.2, 0) is 9.59 Å². The van der Waals surface area contributed by atoms with Gasteiger partial charge in [-0.15, -0.1) is 0 Å². The van der Waals surface area contributed by atoms with Gasteiger partial charge < -0.3 is 25.3 Å². The van der Waals surface area contributed by atoms with Crippen LogP contribution >= 0.6 is 11.6 Å². The van der Waals surface area contributed by atoms with E-state index >= 15 is 0 Å². The molecule has 1 fully saturated rings. The maximum absolute atomic E-state index is 11.9. The van der Waals surface area contributed by atoms with Crippen molar-refractivity contribution in [1.82, 2.24) is 0 Å². The lowest BCUT2D eigenvalue weighted by molar-refractivity contribution is -0.192. The minimum absolute atomic E-state index is 0.0903. The first-order chi connectivity index (χ1) is 16.9. The highest BCUT2D eigenvalue weighted by molar-refractivity contribution is 6.30. The summed E-state index contributed by atoms with van der Waals surface area (Å²) in [6.45, 7) is 5.03. The Morgan fingerprint density at radius 1 is 0.972 bits per heavy atom. The molecule has 1 aliphatic heterocycles. The second-order valence-electron chi connectivity index (χ2n) is 7.94. The SMILES string of the molecule is CCCCC(=O)Nc1ccc(N2CCN(c3ccc(Cl)cc3)CC2)c(C(=O)O)c1.O=C(O)C(F)(F)F. The third-order valence-electron chi connectivity index (χ3n) is 5.32. The van der Waals surface area contributed by atoms with Crippen LogP contribution in [-0.4, -0.2) is 60.4 Å². The third kappa shape index (κ3) is 8.63. The molecule has 0 saturated carbocycles. The lowest BCUT2D eigenvalue weighted by atomic mass is 10.1. The molecule has 8 nitrogen and oxygen atoms in total.